The zero-order valence-corrected chi connectivity index (χ0v) is 14.9. The van der Waals surface area contributed by atoms with E-state index in [-0.39, 0.29) is 38.3 Å². The topological polar surface area (TPSA) is 50.2 Å². The fraction of sp³-hybridized carbons (Fsp3) is 0.333. The maximum Gasteiger partial charge on any atom is 0.247 e. The predicted octanol–water partition coefficient (Wildman–Crippen LogP) is 0.748. The fourth-order valence-electron chi connectivity index (χ4n) is 2.33. The van der Waals surface area contributed by atoms with Gasteiger partial charge in [-0.1, -0.05) is 13.1 Å². The number of nitrogens with one attached hydrogen (secondary N) is 1. The molecule has 0 amide bonds. The summed E-state index contributed by atoms with van der Waals surface area (Å²) in [6.07, 6.45) is 3.50. The molecule has 2 aromatic rings. The Morgan fingerprint density at radius 1 is 1.33 bits per heavy atom. The number of aromatic nitrogens is 2. The van der Waals surface area contributed by atoms with Crippen molar-refractivity contribution >= 4 is 5.69 Å². The zero-order valence-electron chi connectivity index (χ0n) is 12.0. The van der Waals surface area contributed by atoms with E-state index in [1.165, 1.54) is 0 Å². The first-order valence-electron chi connectivity index (χ1n) is 6.77. The van der Waals surface area contributed by atoms with Crippen molar-refractivity contribution < 1.29 is 32.7 Å². The quantitative estimate of drug-likeness (QED) is 0.805. The third-order valence-corrected chi connectivity index (χ3v) is 3.45. The summed E-state index contributed by atoms with van der Waals surface area (Å²) in [5, 5.41) is 3.30. The van der Waals surface area contributed by atoms with Crippen LogP contribution in [0.5, 0.6) is 0 Å². The molecule has 21 heavy (non-hydrogen) atoms. The van der Waals surface area contributed by atoms with Crippen molar-refractivity contribution in [3.05, 3.63) is 52.6 Å². The van der Waals surface area contributed by atoms with Crippen LogP contribution in [0.15, 0.2) is 35.4 Å². The number of anilines is 1. The zero-order chi connectivity index (χ0) is 13.9. The van der Waals surface area contributed by atoms with Crippen molar-refractivity contribution in [2.45, 2.75) is 6.92 Å². The summed E-state index contributed by atoms with van der Waals surface area (Å²) in [6.45, 7) is 5.70. The Balaban J connectivity index is 0.00000161. The Morgan fingerprint density at radius 3 is 2.71 bits per heavy atom. The normalized spacial score (nSPS) is 14.6. The molecule has 0 saturated carbocycles. The van der Waals surface area contributed by atoms with Crippen LogP contribution in [0, 0.1) is 13.0 Å². The molecule has 0 aromatic carbocycles. The number of piperazine rings is 1. The van der Waals surface area contributed by atoms with E-state index in [1.54, 1.807) is 29.1 Å². The molecule has 1 aliphatic heterocycles. The van der Waals surface area contributed by atoms with Gasteiger partial charge in [-0.2, -0.15) is 6.07 Å². The van der Waals surface area contributed by atoms with Gasteiger partial charge < -0.3 is 19.8 Å². The average Bonchev–Trinajstić information content (AvgIpc) is 2.49. The smallest absolute Gasteiger partial charge is 0.247 e. The van der Waals surface area contributed by atoms with Gasteiger partial charge in [0.15, 0.2) is 0 Å². The van der Waals surface area contributed by atoms with Crippen LogP contribution in [-0.2, 0) is 32.7 Å². The Morgan fingerprint density at radius 2 is 2.10 bits per heavy atom. The first-order chi connectivity index (χ1) is 9.74. The molecule has 2 aromatic heterocycles. The fourth-order valence-corrected chi connectivity index (χ4v) is 2.33. The summed E-state index contributed by atoms with van der Waals surface area (Å²) in [4.78, 5) is 18.7. The molecular formula is C15H17N4OY-. The molecular weight excluding hydrogens is 341 g/mol. The second-order valence-electron chi connectivity index (χ2n) is 4.92. The van der Waals surface area contributed by atoms with Crippen LogP contribution in [0.1, 0.15) is 5.56 Å². The molecule has 3 rings (SSSR count). The molecule has 1 N–H and O–H groups in total. The summed E-state index contributed by atoms with van der Waals surface area (Å²) in [6, 6.07) is 8.44. The van der Waals surface area contributed by atoms with Gasteiger partial charge in [0.05, 0.1) is 0 Å². The summed E-state index contributed by atoms with van der Waals surface area (Å²) < 4.78 is 1.54. The monoisotopic (exact) mass is 358 g/mol. The van der Waals surface area contributed by atoms with Crippen molar-refractivity contribution in [3.8, 4) is 5.82 Å². The Kier molecular flexibility index (Phi) is 5.67. The van der Waals surface area contributed by atoms with E-state index in [2.05, 4.69) is 21.3 Å². The molecule has 1 saturated heterocycles. The number of pyridine rings is 2. The van der Waals surface area contributed by atoms with Crippen LogP contribution in [0.3, 0.4) is 0 Å². The van der Waals surface area contributed by atoms with Crippen LogP contribution >= 0.6 is 0 Å². The van der Waals surface area contributed by atoms with Gasteiger partial charge in [-0.15, -0.1) is 11.6 Å². The minimum absolute atomic E-state index is 0. The van der Waals surface area contributed by atoms with E-state index in [1.807, 2.05) is 13.0 Å². The van der Waals surface area contributed by atoms with Crippen molar-refractivity contribution in [2.24, 2.45) is 0 Å². The van der Waals surface area contributed by atoms with E-state index >= 15 is 0 Å². The maximum atomic E-state index is 12.2. The maximum absolute atomic E-state index is 12.2. The molecule has 6 heteroatoms. The number of hydrogen-bond donors (Lipinski definition) is 1. The summed E-state index contributed by atoms with van der Waals surface area (Å²) in [5.41, 5.74) is 1.87. The first kappa shape index (κ1) is 16.3. The molecule has 0 unspecified atom stereocenters. The third kappa shape index (κ3) is 3.79. The third-order valence-electron chi connectivity index (χ3n) is 3.45. The molecule has 107 valence electrons. The minimum atomic E-state index is -0.0641. The van der Waals surface area contributed by atoms with Crippen LogP contribution in [0.4, 0.5) is 5.69 Å². The van der Waals surface area contributed by atoms with Gasteiger partial charge in [0.25, 0.3) is 0 Å². The summed E-state index contributed by atoms with van der Waals surface area (Å²) in [7, 11) is 0. The number of rotatable bonds is 2. The standard InChI is InChI=1S/C15H17N4O.Y/c1-12-2-3-14(17-11-12)19-7-4-13(10-15(19)20)18-8-5-16-6-9-18;/h3-4,7,10-11,16H,5-6,8-9H2,1H3;/q-1;. The SMILES string of the molecule is Cc1[c-]cc(-n2ccc(N3CCNCC3)cc2=O)nc1.[Y]. The molecule has 0 atom stereocenters. The summed E-state index contributed by atoms with van der Waals surface area (Å²) >= 11 is 0. The molecule has 5 nitrogen and oxygen atoms in total. The number of nitrogens with zero attached hydrogens (tertiary/aromatic N) is 3. The van der Waals surface area contributed by atoms with Gasteiger partial charge in [-0.3, -0.25) is 4.79 Å². The van der Waals surface area contributed by atoms with E-state index < -0.39 is 0 Å². The van der Waals surface area contributed by atoms with Gasteiger partial charge in [-0.05, 0) is 6.07 Å². The van der Waals surface area contributed by atoms with Crippen molar-refractivity contribution in [1.29, 1.82) is 0 Å². The van der Waals surface area contributed by atoms with Gasteiger partial charge in [0, 0.05) is 82.7 Å². The van der Waals surface area contributed by atoms with E-state index in [9.17, 15) is 4.79 Å². The van der Waals surface area contributed by atoms with Crippen LogP contribution < -0.4 is 15.8 Å². The Hall–Kier alpha value is -1.04. The average molecular weight is 358 g/mol. The van der Waals surface area contributed by atoms with Crippen molar-refractivity contribution in [1.82, 2.24) is 14.9 Å². The molecule has 3 heterocycles. The largest absolute Gasteiger partial charge is 0.369 e. The first-order valence-corrected chi connectivity index (χ1v) is 6.77. The predicted molar refractivity (Wildman–Crippen MR) is 78.5 cm³/mol. The van der Waals surface area contributed by atoms with Crippen molar-refractivity contribution in [2.75, 3.05) is 31.1 Å². The Bertz CT molecular complexity index is 647. The molecule has 0 spiro atoms. The van der Waals surface area contributed by atoms with Crippen LogP contribution in [0.2, 0.25) is 0 Å². The van der Waals surface area contributed by atoms with E-state index in [0.717, 1.165) is 37.4 Å². The molecule has 0 bridgehead atoms. The van der Waals surface area contributed by atoms with Gasteiger partial charge >= 0.3 is 0 Å². The second kappa shape index (κ2) is 7.29. The second-order valence-corrected chi connectivity index (χ2v) is 4.92. The molecule has 1 radical (unpaired) electrons. The van der Waals surface area contributed by atoms with Gasteiger partial charge in [-0.25, -0.2) is 0 Å². The molecule has 0 aliphatic carbocycles. The number of hydrogen-bond acceptors (Lipinski definition) is 4. The summed E-state index contributed by atoms with van der Waals surface area (Å²) in [5.74, 6) is 0.604. The molecule has 1 fully saturated rings. The van der Waals surface area contributed by atoms with Crippen LogP contribution in [0.25, 0.3) is 5.82 Å². The van der Waals surface area contributed by atoms with Crippen molar-refractivity contribution in [3.63, 3.8) is 0 Å². The van der Waals surface area contributed by atoms with Crippen LogP contribution in [-0.4, -0.2) is 35.7 Å². The van der Waals surface area contributed by atoms with Gasteiger partial charge in [0.2, 0.25) is 5.56 Å². The van der Waals surface area contributed by atoms with Gasteiger partial charge in [0.1, 0.15) is 0 Å². The van der Waals surface area contributed by atoms with E-state index in [0.29, 0.717) is 5.82 Å². The Labute approximate surface area is 149 Å². The molecule has 1 aliphatic rings. The minimum Gasteiger partial charge on any atom is -0.369 e. The number of aryl methyl sites for hydroxylation is 1. The van der Waals surface area contributed by atoms with E-state index in [4.69, 9.17) is 0 Å².